The highest BCUT2D eigenvalue weighted by Gasteiger charge is 2.27. The van der Waals surface area contributed by atoms with Gasteiger partial charge in [0.15, 0.2) is 6.10 Å². The minimum Gasteiger partial charge on any atom is -0.462 e. The summed E-state index contributed by atoms with van der Waals surface area (Å²) in [5.41, 5.74) is 0. The average molecular weight is 1050 g/mol. The van der Waals surface area contributed by atoms with Crippen LogP contribution in [0.3, 0.4) is 0 Å². The van der Waals surface area contributed by atoms with Crippen molar-refractivity contribution in [2.24, 2.45) is 0 Å². The van der Waals surface area contributed by atoms with Gasteiger partial charge in [0.2, 0.25) is 0 Å². The summed E-state index contributed by atoms with van der Waals surface area (Å²) in [7, 11) is 1.42. The fourth-order valence-corrected chi connectivity index (χ4v) is 7.50. The van der Waals surface area contributed by atoms with Gasteiger partial charge < -0.3 is 18.9 Å². The molecule has 0 saturated heterocycles. The van der Waals surface area contributed by atoms with Crippen molar-refractivity contribution in [2.45, 2.75) is 187 Å². The number of phosphoric ester groups is 1. The molecule has 0 aromatic heterocycles. The molecule has 9 nitrogen and oxygen atoms in total. The number of phosphoric acid groups is 1. The van der Waals surface area contributed by atoms with Crippen LogP contribution in [0.5, 0.6) is 0 Å². The van der Waals surface area contributed by atoms with Crippen LogP contribution in [-0.2, 0) is 32.7 Å². The maximum atomic E-state index is 12.8. The second kappa shape index (κ2) is 53.5. The maximum Gasteiger partial charge on any atom is 0.472 e. The van der Waals surface area contributed by atoms with E-state index in [0.717, 1.165) is 141 Å². The summed E-state index contributed by atoms with van der Waals surface area (Å²) in [6.45, 7) is 4.11. The lowest BCUT2D eigenvalue weighted by Crippen LogP contribution is -2.37. The molecule has 0 aliphatic carbocycles. The average Bonchev–Trinajstić information content (AvgIpc) is 3.36. The molecule has 416 valence electrons. The van der Waals surface area contributed by atoms with E-state index in [9.17, 15) is 19.0 Å². The monoisotopic (exact) mass is 1040 g/mol. The number of carbonyl (C=O) groups is 2. The lowest BCUT2D eigenvalue weighted by molar-refractivity contribution is -0.870. The van der Waals surface area contributed by atoms with E-state index < -0.39 is 32.5 Å². The molecule has 0 saturated carbocycles. The predicted molar refractivity (Wildman–Crippen MR) is 316 cm³/mol. The molecule has 2 unspecified atom stereocenters. The third-order valence-electron chi connectivity index (χ3n) is 11.1. The number of nitrogens with zero attached hydrogens (tertiary/aromatic N) is 1. The van der Waals surface area contributed by atoms with Crippen LogP contribution in [0.2, 0.25) is 0 Å². The predicted octanol–water partition coefficient (Wildman–Crippen LogP) is 17.7. The molecule has 0 heterocycles. The Balaban J connectivity index is 4.21. The normalized spacial score (nSPS) is 14.5. The molecule has 0 bridgehead atoms. The topological polar surface area (TPSA) is 108 Å². The Morgan fingerprint density at radius 1 is 0.419 bits per heavy atom. The SMILES string of the molecule is CC/C=C\C/C=C\C/C=C\C/C=C\C/C=C\C/C=C\C/C=C\C/C=C\C/C=C\C/C=C\CCCCCCCCC(=O)OC(COC(=O)CCCCC/C=C\C/C=C\C/C=C\CC)COP(=O)(O)OCC[N+](C)(C)C. The quantitative estimate of drug-likeness (QED) is 0.0211. The number of unbranched alkanes of at least 4 members (excludes halogenated alkanes) is 9. The summed E-state index contributed by atoms with van der Waals surface area (Å²) in [5.74, 6) is -0.865. The number of rotatable bonds is 49. The van der Waals surface area contributed by atoms with Crippen LogP contribution in [0.1, 0.15) is 181 Å². The van der Waals surface area contributed by atoms with Crippen molar-refractivity contribution in [3.8, 4) is 0 Å². The van der Waals surface area contributed by atoms with E-state index >= 15 is 0 Å². The van der Waals surface area contributed by atoms with Gasteiger partial charge in [0.1, 0.15) is 19.8 Å². The molecule has 0 spiro atoms. The third kappa shape index (κ3) is 56.9. The van der Waals surface area contributed by atoms with Crippen LogP contribution in [0, 0.1) is 0 Å². The fourth-order valence-electron chi connectivity index (χ4n) is 6.76. The number of hydrogen-bond acceptors (Lipinski definition) is 7. The van der Waals surface area contributed by atoms with Crippen molar-refractivity contribution in [2.75, 3.05) is 47.5 Å². The van der Waals surface area contributed by atoms with Crippen LogP contribution in [0.4, 0.5) is 0 Å². The maximum absolute atomic E-state index is 12.8. The van der Waals surface area contributed by atoms with Crippen LogP contribution >= 0.6 is 7.82 Å². The summed E-state index contributed by atoms with van der Waals surface area (Å²) in [6.07, 6.45) is 80.4. The van der Waals surface area contributed by atoms with Crippen LogP contribution < -0.4 is 0 Å². The van der Waals surface area contributed by atoms with E-state index in [1.165, 1.54) is 0 Å². The van der Waals surface area contributed by atoms with Crippen molar-refractivity contribution in [1.82, 2.24) is 0 Å². The van der Waals surface area contributed by atoms with Crippen molar-refractivity contribution in [3.63, 3.8) is 0 Å². The van der Waals surface area contributed by atoms with Gasteiger partial charge in [0.25, 0.3) is 0 Å². The molecule has 10 heteroatoms. The standard InChI is InChI=1S/C64H102NO8P/c1-6-8-10-12-14-16-18-20-21-22-23-24-25-26-27-28-29-30-31-32-33-34-35-36-37-38-39-40-41-42-43-45-47-49-51-53-55-57-64(67)73-62(61-72-74(68,69)71-59-58-65(3,4)5)60-70-63(66)56-54-52-50-48-46-44-19-17-15-13-11-9-7-2/h8-11,14-17,20-21,23-24,26-27,29-30,32-33,35-36,38-39,41-42,44,46,62H,6-7,12-13,18-19,22,25,28,31,34,37,40,43,45,47-61H2,1-5H3/p+1/b10-8-,11-9-,16-14-,17-15-,21-20-,24-23-,27-26-,30-29-,33-32-,36-35-,39-38-,42-41-,46-44-. The van der Waals surface area contributed by atoms with Crippen LogP contribution in [0.25, 0.3) is 0 Å². The molecule has 0 rings (SSSR count). The Morgan fingerprint density at radius 2 is 0.730 bits per heavy atom. The summed E-state index contributed by atoms with van der Waals surface area (Å²) >= 11 is 0. The Kier molecular flexibility index (Phi) is 50.3. The second-order valence-corrected chi connectivity index (χ2v) is 20.7. The molecule has 1 N–H and O–H groups in total. The summed E-state index contributed by atoms with van der Waals surface area (Å²) in [5, 5.41) is 0. The highest BCUT2D eigenvalue weighted by Crippen LogP contribution is 2.43. The molecule has 74 heavy (non-hydrogen) atoms. The first kappa shape index (κ1) is 69.6. The highest BCUT2D eigenvalue weighted by molar-refractivity contribution is 7.47. The Bertz CT molecular complexity index is 1800. The number of carbonyl (C=O) groups excluding carboxylic acids is 2. The number of likely N-dealkylation sites (N-methyl/N-ethyl adjacent to an activating group) is 1. The number of quaternary nitrogens is 1. The van der Waals surface area contributed by atoms with Gasteiger partial charge in [-0.1, -0.05) is 204 Å². The van der Waals surface area contributed by atoms with E-state index in [2.05, 4.69) is 172 Å². The number of ether oxygens (including phenoxy) is 2. The molecule has 0 aromatic rings. The highest BCUT2D eigenvalue weighted by atomic mass is 31.2. The summed E-state index contributed by atoms with van der Waals surface area (Å²) in [6, 6.07) is 0. The van der Waals surface area contributed by atoms with Crippen LogP contribution in [0.15, 0.2) is 158 Å². The first-order valence-electron chi connectivity index (χ1n) is 28.2. The molecule has 0 aliphatic rings. The molecule has 0 fully saturated rings. The molecule has 2 atom stereocenters. The second-order valence-electron chi connectivity index (χ2n) is 19.2. The van der Waals surface area contributed by atoms with Gasteiger partial charge in [-0.2, -0.15) is 0 Å². The van der Waals surface area contributed by atoms with Gasteiger partial charge in [-0.25, -0.2) is 4.57 Å². The van der Waals surface area contributed by atoms with E-state index in [4.69, 9.17) is 18.5 Å². The van der Waals surface area contributed by atoms with E-state index in [-0.39, 0.29) is 26.1 Å². The Labute approximate surface area is 452 Å². The molecular formula is C64H103NO8P+. The molecule has 0 radical (unpaired) electrons. The molecule has 0 amide bonds. The third-order valence-corrected chi connectivity index (χ3v) is 12.0. The first-order chi connectivity index (χ1) is 36.0. The van der Waals surface area contributed by atoms with Gasteiger partial charge in [0, 0.05) is 12.8 Å². The number of hydrogen-bond donors (Lipinski definition) is 1. The van der Waals surface area contributed by atoms with Crippen LogP contribution in [-0.4, -0.2) is 74.9 Å². The van der Waals surface area contributed by atoms with Gasteiger partial charge in [-0.15, -0.1) is 0 Å². The van der Waals surface area contributed by atoms with Crippen molar-refractivity contribution >= 4 is 19.8 Å². The van der Waals surface area contributed by atoms with Crippen molar-refractivity contribution in [3.05, 3.63) is 158 Å². The lowest BCUT2D eigenvalue weighted by atomic mass is 10.1. The van der Waals surface area contributed by atoms with E-state index in [0.29, 0.717) is 23.9 Å². The number of allylic oxidation sites excluding steroid dienone is 26. The minimum atomic E-state index is -4.40. The number of esters is 2. The Hall–Kier alpha value is -4.37. The van der Waals surface area contributed by atoms with Gasteiger partial charge in [-0.3, -0.25) is 18.6 Å². The van der Waals surface area contributed by atoms with Gasteiger partial charge in [0.05, 0.1) is 27.7 Å². The van der Waals surface area contributed by atoms with E-state index in [1.807, 2.05) is 21.1 Å². The fraction of sp³-hybridized carbons (Fsp3) is 0.562. The zero-order valence-corrected chi connectivity index (χ0v) is 47.9. The van der Waals surface area contributed by atoms with Gasteiger partial charge >= 0.3 is 19.8 Å². The molecular weight excluding hydrogens is 942 g/mol. The smallest absolute Gasteiger partial charge is 0.462 e. The first-order valence-corrected chi connectivity index (χ1v) is 29.7. The zero-order valence-electron chi connectivity index (χ0n) is 47.0. The summed E-state index contributed by atoms with van der Waals surface area (Å²) < 4.78 is 34.4. The largest absolute Gasteiger partial charge is 0.472 e. The minimum absolute atomic E-state index is 0.0145. The lowest BCUT2D eigenvalue weighted by Gasteiger charge is -2.24. The molecule has 0 aromatic carbocycles. The summed E-state index contributed by atoms with van der Waals surface area (Å²) in [4.78, 5) is 35.5. The van der Waals surface area contributed by atoms with E-state index in [1.54, 1.807) is 0 Å². The van der Waals surface area contributed by atoms with Crippen molar-refractivity contribution in [1.29, 1.82) is 0 Å². The Morgan fingerprint density at radius 3 is 1.09 bits per heavy atom. The molecule has 0 aliphatic heterocycles. The zero-order chi connectivity index (χ0) is 54.2. The van der Waals surface area contributed by atoms with Gasteiger partial charge in [-0.05, 0) is 122 Å². The van der Waals surface area contributed by atoms with Crippen molar-refractivity contribution < 1.29 is 42.1 Å².